The molecule has 8 heteroatoms. The first kappa shape index (κ1) is 13.1. The van der Waals surface area contributed by atoms with E-state index in [0.717, 1.165) is 12.1 Å². The number of halogens is 4. The average Bonchev–Trinajstić information content (AvgIpc) is 2.13. The van der Waals surface area contributed by atoms with Gasteiger partial charge in [-0.25, -0.2) is 8.42 Å². The summed E-state index contributed by atoms with van der Waals surface area (Å²) >= 11 is 0. The highest BCUT2D eigenvalue weighted by molar-refractivity contribution is 8.13. The highest BCUT2D eigenvalue weighted by atomic mass is 35.7. The van der Waals surface area contributed by atoms with Gasteiger partial charge in [-0.3, -0.25) is 0 Å². The first-order valence-electron chi connectivity index (χ1n) is 3.93. The van der Waals surface area contributed by atoms with Crippen LogP contribution < -0.4 is 4.74 Å². The molecule has 0 saturated carbocycles. The van der Waals surface area contributed by atoms with E-state index in [4.69, 9.17) is 10.7 Å². The third-order valence-corrected chi connectivity index (χ3v) is 2.84. The van der Waals surface area contributed by atoms with Crippen molar-refractivity contribution in [1.82, 2.24) is 0 Å². The number of ether oxygens (including phenoxy) is 1. The summed E-state index contributed by atoms with van der Waals surface area (Å²) in [5.41, 5.74) is 0. The third kappa shape index (κ3) is 4.28. The van der Waals surface area contributed by atoms with Gasteiger partial charge in [-0.1, -0.05) is 6.07 Å². The number of hydrogen-bond donors (Lipinski definition) is 0. The van der Waals surface area contributed by atoms with E-state index in [1.54, 1.807) is 0 Å². The molecule has 0 bridgehead atoms. The van der Waals surface area contributed by atoms with Crippen LogP contribution in [0.15, 0.2) is 29.2 Å². The lowest BCUT2D eigenvalue weighted by Crippen LogP contribution is -2.19. The van der Waals surface area contributed by atoms with E-state index in [2.05, 4.69) is 4.74 Å². The van der Waals surface area contributed by atoms with Gasteiger partial charge in [0, 0.05) is 16.7 Å². The summed E-state index contributed by atoms with van der Waals surface area (Å²) in [5.74, 6) is -0.209. The predicted octanol–water partition coefficient (Wildman–Crippen LogP) is 2.56. The first-order chi connectivity index (χ1) is 7.18. The van der Waals surface area contributed by atoms with Crippen LogP contribution in [0.5, 0.6) is 5.75 Å². The molecular formula is C8H6ClF3O3S. The predicted molar refractivity (Wildman–Crippen MR) is 51.0 cm³/mol. The van der Waals surface area contributed by atoms with Gasteiger partial charge in [-0.2, -0.15) is 13.2 Å². The summed E-state index contributed by atoms with van der Waals surface area (Å²) in [7, 11) is 1.05. The lowest BCUT2D eigenvalue weighted by atomic mass is 10.3. The Labute approximate surface area is 94.2 Å². The second-order valence-electron chi connectivity index (χ2n) is 2.82. The lowest BCUT2D eigenvalue weighted by Gasteiger charge is -2.09. The molecule has 0 heterocycles. The molecule has 16 heavy (non-hydrogen) atoms. The van der Waals surface area contributed by atoms with Crippen molar-refractivity contribution in [3.8, 4) is 5.75 Å². The van der Waals surface area contributed by atoms with Gasteiger partial charge in [0.1, 0.15) is 5.75 Å². The molecule has 0 spiro atoms. The maximum Gasteiger partial charge on any atom is 0.422 e. The minimum atomic E-state index is -4.48. The number of hydrogen-bond acceptors (Lipinski definition) is 3. The monoisotopic (exact) mass is 274 g/mol. The molecule has 1 aromatic carbocycles. The Balaban J connectivity index is 2.84. The molecule has 0 fully saturated rings. The van der Waals surface area contributed by atoms with Crippen molar-refractivity contribution in [3.63, 3.8) is 0 Å². The molecule has 0 saturated heterocycles. The van der Waals surface area contributed by atoms with Crippen LogP contribution in [0.4, 0.5) is 13.2 Å². The van der Waals surface area contributed by atoms with Gasteiger partial charge >= 0.3 is 6.18 Å². The molecule has 1 rings (SSSR count). The Hall–Kier alpha value is -0.950. The molecule has 90 valence electrons. The van der Waals surface area contributed by atoms with E-state index in [0.29, 0.717) is 0 Å². The smallest absolute Gasteiger partial charge is 0.422 e. The number of alkyl halides is 3. The van der Waals surface area contributed by atoms with E-state index < -0.39 is 21.8 Å². The Morgan fingerprint density at radius 2 is 1.94 bits per heavy atom. The van der Waals surface area contributed by atoms with Crippen molar-refractivity contribution in [3.05, 3.63) is 24.3 Å². The fourth-order valence-corrected chi connectivity index (χ4v) is 1.67. The summed E-state index contributed by atoms with van der Waals surface area (Å²) in [4.78, 5) is -0.311. The van der Waals surface area contributed by atoms with E-state index >= 15 is 0 Å². The minimum absolute atomic E-state index is 0.209. The molecule has 1 aromatic rings. The van der Waals surface area contributed by atoms with Crippen LogP contribution in [0.2, 0.25) is 0 Å². The second-order valence-corrected chi connectivity index (χ2v) is 5.38. The van der Waals surface area contributed by atoms with Crippen molar-refractivity contribution in [2.75, 3.05) is 6.61 Å². The van der Waals surface area contributed by atoms with Crippen LogP contribution in [0, 0.1) is 0 Å². The van der Waals surface area contributed by atoms with Crippen LogP contribution >= 0.6 is 10.7 Å². The van der Waals surface area contributed by atoms with Crippen LogP contribution in [-0.2, 0) is 9.05 Å². The fourth-order valence-electron chi connectivity index (χ4n) is 0.881. The Morgan fingerprint density at radius 3 is 2.44 bits per heavy atom. The Bertz CT molecular complexity index is 470. The molecule has 0 radical (unpaired) electrons. The topological polar surface area (TPSA) is 43.4 Å². The van der Waals surface area contributed by atoms with Gasteiger partial charge < -0.3 is 4.74 Å². The molecule has 0 N–H and O–H groups in total. The maximum absolute atomic E-state index is 11.8. The lowest BCUT2D eigenvalue weighted by molar-refractivity contribution is -0.153. The van der Waals surface area contributed by atoms with Crippen LogP contribution in [0.1, 0.15) is 0 Å². The van der Waals surface area contributed by atoms with Gasteiger partial charge in [0.05, 0.1) is 4.90 Å². The van der Waals surface area contributed by atoms with E-state index in [9.17, 15) is 21.6 Å². The van der Waals surface area contributed by atoms with Crippen molar-refractivity contribution in [2.24, 2.45) is 0 Å². The quantitative estimate of drug-likeness (QED) is 0.796. The SMILES string of the molecule is O=S(=O)(Cl)c1cccc(OCC(F)(F)F)c1. The Kier molecular flexibility index (Phi) is 3.69. The largest absolute Gasteiger partial charge is 0.484 e. The Morgan fingerprint density at radius 1 is 1.31 bits per heavy atom. The molecule has 0 amide bonds. The van der Waals surface area contributed by atoms with Gasteiger partial charge in [-0.15, -0.1) is 0 Å². The zero-order valence-electron chi connectivity index (χ0n) is 7.66. The maximum atomic E-state index is 11.8. The molecule has 0 aliphatic heterocycles. The summed E-state index contributed by atoms with van der Waals surface area (Å²) in [6.45, 7) is -1.49. The molecular weight excluding hydrogens is 269 g/mol. The van der Waals surface area contributed by atoms with Crippen molar-refractivity contribution in [2.45, 2.75) is 11.1 Å². The van der Waals surface area contributed by atoms with Gasteiger partial charge in [0.25, 0.3) is 9.05 Å². The summed E-state index contributed by atoms with van der Waals surface area (Å²) < 4.78 is 61.5. The molecule has 0 aliphatic carbocycles. The summed E-state index contributed by atoms with van der Waals surface area (Å²) in [6.07, 6.45) is -4.48. The molecule has 0 aliphatic rings. The summed E-state index contributed by atoms with van der Waals surface area (Å²) in [6, 6.07) is 4.52. The van der Waals surface area contributed by atoms with Gasteiger partial charge in [-0.05, 0) is 12.1 Å². The van der Waals surface area contributed by atoms with Crippen molar-refractivity contribution < 1.29 is 26.3 Å². The second kappa shape index (κ2) is 4.50. The van der Waals surface area contributed by atoms with Crippen LogP contribution in [0.25, 0.3) is 0 Å². The highest BCUT2D eigenvalue weighted by Crippen LogP contribution is 2.22. The standard InChI is InChI=1S/C8H6ClF3O3S/c9-16(13,14)7-3-1-2-6(4-7)15-5-8(10,11)12/h1-4H,5H2. The molecule has 0 unspecified atom stereocenters. The fraction of sp³-hybridized carbons (Fsp3) is 0.250. The van der Waals surface area contributed by atoms with Crippen molar-refractivity contribution >= 4 is 19.7 Å². The third-order valence-electron chi connectivity index (χ3n) is 1.49. The van der Waals surface area contributed by atoms with E-state index in [1.165, 1.54) is 12.1 Å². The van der Waals surface area contributed by atoms with E-state index in [-0.39, 0.29) is 10.6 Å². The minimum Gasteiger partial charge on any atom is -0.484 e. The summed E-state index contributed by atoms with van der Waals surface area (Å²) in [5, 5.41) is 0. The van der Waals surface area contributed by atoms with Crippen LogP contribution in [0.3, 0.4) is 0 Å². The molecule has 0 atom stereocenters. The van der Waals surface area contributed by atoms with Crippen molar-refractivity contribution in [1.29, 1.82) is 0 Å². The number of rotatable bonds is 3. The van der Waals surface area contributed by atoms with Gasteiger partial charge in [0.15, 0.2) is 6.61 Å². The average molecular weight is 275 g/mol. The molecule has 0 aromatic heterocycles. The normalized spacial score (nSPS) is 12.5. The number of benzene rings is 1. The highest BCUT2D eigenvalue weighted by Gasteiger charge is 2.28. The zero-order valence-corrected chi connectivity index (χ0v) is 9.23. The molecule has 3 nitrogen and oxygen atoms in total. The first-order valence-corrected chi connectivity index (χ1v) is 6.24. The van der Waals surface area contributed by atoms with E-state index in [1.807, 2.05) is 0 Å². The van der Waals surface area contributed by atoms with Gasteiger partial charge in [0.2, 0.25) is 0 Å². The van der Waals surface area contributed by atoms with Crippen LogP contribution in [-0.4, -0.2) is 21.2 Å². The zero-order chi connectivity index (χ0) is 12.4.